The van der Waals surface area contributed by atoms with E-state index in [-0.39, 0.29) is 29.5 Å². The molecule has 0 aliphatic heterocycles. The number of methoxy groups -OCH3 is 1. The predicted octanol–water partition coefficient (Wildman–Crippen LogP) is 7.19. The zero-order chi connectivity index (χ0) is 27.0. The van der Waals surface area contributed by atoms with Crippen molar-refractivity contribution >= 4 is 5.97 Å². The van der Waals surface area contributed by atoms with E-state index in [0.29, 0.717) is 46.5 Å². The van der Waals surface area contributed by atoms with Crippen LogP contribution in [-0.2, 0) is 14.3 Å². The molecule has 5 aliphatic rings. The number of carbonyl (C=O) groups excluding carboxylic acids is 1. The first-order chi connectivity index (χ1) is 17.3. The zero-order valence-corrected chi connectivity index (χ0v) is 24.8. The number of hydrogen-bond acceptors (Lipinski definition) is 4. The van der Waals surface area contributed by atoms with Crippen LogP contribution in [0.5, 0.6) is 0 Å². The minimum absolute atomic E-state index is 0.00127. The monoisotopic (exact) mass is 514 g/mol. The first-order valence-corrected chi connectivity index (χ1v) is 15.2. The smallest absolute Gasteiger partial charge is 0.331 e. The molecular weight excluding hydrogens is 460 g/mol. The molecule has 210 valence electrons. The van der Waals surface area contributed by atoms with Crippen molar-refractivity contribution in [1.82, 2.24) is 0 Å². The molecule has 0 saturated heterocycles. The topological polar surface area (TPSA) is 55.8 Å². The lowest BCUT2D eigenvalue weighted by Gasteiger charge is -2.73. The largest absolute Gasteiger partial charge is 0.467 e. The quantitative estimate of drug-likeness (QED) is 0.311. The molecule has 0 aromatic carbocycles. The molecule has 0 amide bonds. The summed E-state index contributed by atoms with van der Waals surface area (Å²) in [5.41, 5.74) is 2.43. The third kappa shape index (κ3) is 3.77. The SMILES string of the molecule is C=C(C)[C@@H]1CC[C@]2(COCC(=O)OC)CC[C@]3(C)C(CCC4[C@@]5(C)CC[C@H](O)C(C)(C)C5CC[C@]43C)C12. The molecule has 0 aromatic rings. The Labute approximate surface area is 226 Å². The van der Waals surface area contributed by atoms with Gasteiger partial charge in [0, 0.05) is 0 Å². The highest BCUT2D eigenvalue weighted by Crippen LogP contribution is 2.77. The molecule has 0 heterocycles. The average Bonchev–Trinajstić information content (AvgIpc) is 3.22. The van der Waals surface area contributed by atoms with Crippen LogP contribution in [0.2, 0.25) is 0 Å². The van der Waals surface area contributed by atoms with Gasteiger partial charge in [0.15, 0.2) is 0 Å². The molecule has 4 heteroatoms. The molecule has 5 aliphatic carbocycles. The van der Waals surface area contributed by atoms with Gasteiger partial charge in [0.05, 0.1) is 19.8 Å². The molecule has 5 saturated carbocycles. The van der Waals surface area contributed by atoms with Crippen molar-refractivity contribution in [2.24, 2.45) is 56.7 Å². The van der Waals surface area contributed by atoms with Crippen LogP contribution in [0, 0.1) is 56.7 Å². The Morgan fingerprint density at radius 3 is 2.30 bits per heavy atom. The summed E-state index contributed by atoms with van der Waals surface area (Å²) >= 11 is 0. The molecule has 37 heavy (non-hydrogen) atoms. The number of fused-ring (bicyclic) bond motifs is 7. The van der Waals surface area contributed by atoms with E-state index >= 15 is 0 Å². The molecular formula is C33H54O4. The van der Waals surface area contributed by atoms with Crippen molar-refractivity contribution in [3.63, 3.8) is 0 Å². The molecule has 0 spiro atoms. The van der Waals surface area contributed by atoms with Crippen molar-refractivity contribution in [3.05, 3.63) is 12.2 Å². The zero-order valence-electron chi connectivity index (χ0n) is 24.8. The Morgan fingerprint density at radius 2 is 1.62 bits per heavy atom. The highest BCUT2D eigenvalue weighted by molar-refractivity contribution is 5.70. The van der Waals surface area contributed by atoms with Gasteiger partial charge in [-0.05, 0) is 128 Å². The van der Waals surface area contributed by atoms with E-state index in [1.807, 2.05) is 0 Å². The Kier molecular flexibility index (Phi) is 6.80. The van der Waals surface area contributed by atoms with Crippen molar-refractivity contribution < 1.29 is 19.4 Å². The van der Waals surface area contributed by atoms with Crippen LogP contribution in [0.25, 0.3) is 0 Å². The molecule has 1 N–H and O–H groups in total. The van der Waals surface area contributed by atoms with E-state index in [9.17, 15) is 9.90 Å². The summed E-state index contributed by atoms with van der Waals surface area (Å²) < 4.78 is 11.0. The second-order valence-corrected chi connectivity index (χ2v) is 15.5. The van der Waals surface area contributed by atoms with E-state index in [1.165, 1.54) is 70.5 Å². The number of rotatable bonds is 5. The number of hydrogen-bond donors (Lipinski definition) is 1. The molecule has 4 unspecified atom stereocenters. The first kappa shape index (κ1) is 27.7. The van der Waals surface area contributed by atoms with E-state index < -0.39 is 0 Å². The van der Waals surface area contributed by atoms with E-state index in [4.69, 9.17) is 9.47 Å². The van der Waals surface area contributed by atoms with Gasteiger partial charge >= 0.3 is 5.97 Å². The van der Waals surface area contributed by atoms with E-state index in [0.717, 1.165) is 12.3 Å². The number of allylic oxidation sites excluding steroid dienone is 1. The van der Waals surface area contributed by atoms with Gasteiger partial charge in [-0.15, -0.1) is 0 Å². The first-order valence-electron chi connectivity index (χ1n) is 15.2. The standard InChI is InChI=1S/C33H54O4/c1-21(2)22-11-16-33(20-37-19-27(35)36-8)18-17-31(6)23(28(22)33)9-10-25-30(5)14-13-26(34)29(3,4)24(30)12-15-32(25,31)7/h22-26,28,34H,1,9-20H2,2-8H3/t22-,23?,24?,25?,26-,28?,30-,31+,32+,33+/m0/s1. The summed E-state index contributed by atoms with van der Waals surface area (Å²) in [4.78, 5) is 11.8. The lowest BCUT2D eigenvalue weighted by Crippen LogP contribution is -2.66. The van der Waals surface area contributed by atoms with E-state index in [1.54, 1.807) is 0 Å². The minimum atomic E-state index is -0.276. The van der Waals surface area contributed by atoms with Crippen molar-refractivity contribution in [2.45, 2.75) is 112 Å². The summed E-state index contributed by atoms with van der Waals surface area (Å²) in [6.45, 7) is 20.1. The molecule has 0 bridgehead atoms. The molecule has 4 nitrogen and oxygen atoms in total. The van der Waals surface area contributed by atoms with Crippen molar-refractivity contribution in [3.8, 4) is 0 Å². The van der Waals surface area contributed by atoms with Gasteiger partial charge in [0.1, 0.15) is 6.61 Å². The maximum absolute atomic E-state index is 11.8. The summed E-state index contributed by atoms with van der Waals surface area (Å²) in [6.07, 6.45) is 12.0. The van der Waals surface area contributed by atoms with Gasteiger partial charge in [0.2, 0.25) is 0 Å². The van der Waals surface area contributed by atoms with Gasteiger partial charge in [-0.2, -0.15) is 0 Å². The lowest BCUT2D eigenvalue weighted by molar-refractivity contribution is -0.250. The number of aliphatic hydroxyl groups is 1. The normalized spacial score (nSPS) is 50.3. The Bertz CT molecular complexity index is 925. The number of carbonyl (C=O) groups is 1. The van der Waals surface area contributed by atoms with Crippen molar-refractivity contribution in [1.29, 1.82) is 0 Å². The van der Waals surface area contributed by atoms with Gasteiger partial charge in [-0.3, -0.25) is 0 Å². The predicted molar refractivity (Wildman–Crippen MR) is 148 cm³/mol. The van der Waals surface area contributed by atoms with Crippen LogP contribution in [0.4, 0.5) is 0 Å². The second kappa shape index (κ2) is 9.08. The Morgan fingerprint density at radius 1 is 0.892 bits per heavy atom. The fraction of sp³-hybridized carbons (Fsp3) is 0.909. The molecule has 5 rings (SSSR count). The summed E-state index contributed by atoms with van der Waals surface area (Å²) in [6, 6.07) is 0. The number of esters is 1. The maximum Gasteiger partial charge on any atom is 0.331 e. The number of ether oxygens (including phenoxy) is 2. The second-order valence-electron chi connectivity index (χ2n) is 15.5. The van der Waals surface area contributed by atoms with Crippen LogP contribution in [0.15, 0.2) is 12.2 Å². The third-order valence-corrected chi connectivity index (χ3v) is 14.1. The summed E-state index contributed by atoms with van der Waals surface area (Å²) in [7, 11) is 1.44. The third-order valence-electron chi connectivity index (χ3n) is 14.1. The molecule has 0 aromatic heterocycles. The summed E-state index contributed by atoms with van der Waals surface area (Å²) in [5.74, 6) is 2.87. The maximum atomic E-state index is 11.8. The number of aliphatic hydroxyl groups excluding tert-OH is 1. The fourth-order valence-corrected chi connectivity index (χ4v) is 11.9. The highest BCUT2D eigenvalue weighted by Gasteiger charge is 2.70. The van der Waals surface area contributed by atoms with Crippen LogP contribution in [0.1, 0.15) is 106 Å². The van der Waals surface area contributed by atoms with Crippen LogP contribution >= 0.6 is 0 Å². The van der Waals surface area contributed by atoms with Crippen LogP contribution < -0.4 is 0 Å². The van der Waals surface area contributed by atoms with Gasteiger partial charge in [-0.1, -0.05) is 46.8 Å². The van der Waals surface area contributed by atoms with E-state index in [2.05, 4.69) is 48.1 Å². The van der Waals surface area contributed by atoms with Crippen molar-refractivity contribution in [2.75, 3.05) is 20.3 Å². The molecule has 0 radical (unpaired) electrons. The minimum Gasteiger partial charge on any atom is -0.467 e. The Balaban J connectivity index is 1.48. The average molecular weight is 515 g/mol. The van der Waals surface area contributed by atoms with Gasteiger partial charge < -0.3 is 14.6 Å². The lowest BCUT2D eigenvalue weighted by atomic mass is 9.32. The molecule has 5 fully saturated rings. The van der Waals surface area contributed by atoms with Gasteiger partial charge in [-0.25, -0.2) is 4.79 Å². The van der Waals surface area contributed by atoms with Crippen LogP contribution in [-0.4, -0.2) is 37.5 Å². The summed E-state index contributed by atoms with van der Waals surface area (Å²) in [5, 5.41) is 11.0. The Hall–Kier alpha value is -0.870. The van der Waals surface area contributed by atoms with Crippen LogP contribution in [0.3, 0.4) is 0 Å². The molecule has 10 atom stereocenters. The van der Waals surface area contributed by atoms with Gasteiger partial charge in [0.25, 0.3) is 0 Å². The highest BCUT2D eigenvalue weighted by atomic mass is 16.6. The fourth-order valence-electron chi connectivity index (χ4n) is 11.9.